The van der Waals surface area contributed by atoms with E-state index in [9.17, 15) is 20.1 Å². The largest absolute Gasteiger partial charge is 0.388 e. The first-order valence-corrected chi connectivity index (χ1v) is 11.6. The van der Waals surface area contributed by atoms with Crippen LogP contribution in [0.25, 0.3) is 0 Å². The first-order valence-electron chi connectivity index (χ1n) is 11.6. The summed E-state index contributed by atoms with van der Waals surface area (Å²) in [4.78, 5) is 12.9. The van der Waals surface area contributed by atoms with E-state index in [4.69, 9.17) is 9.47 Å². The molecular weight excluding hydrogens is 396 g/mol. The number of aliphatic hydroxyl groups is 3. The summed E-state index contributed by atoms with van der Waals surface area (Å²) in [5, 5.41) is 29.9. The van der Waals surface area contributed by atoms with Crippen LogP contribution in [0.15, 0.2) is 23.8 Å². The zero-order chi connectivity index (χ0) is 23.2. The summed E-state index contributed by atoms with van der Waals surface area (Å²) < 4.78 is 11.5. The van der Waals surface area contributed by atoms with Crippen molar-refractivity contribution in [2.75, 3.05) is 6.61 Å². The number of aliphatic hydroxyl groups excluding tert-OH is 3. The van der Waals surface area contributed by atoms with E-state index in [1.54, 1.807) is 6.08 Å². The topological polar surface area (TPSA) is 96.2 Å². The maximum atomic E-state index is 12.9. The van der Waals surface area contributed by atoms with Gasteiger partial charge in [0, 0.05) is 6.42 Å². The minimum absolute atomic E-state index is 0.0109. The van der Waals surface area contributed by atoms with Crippen molar-refractivity contribution < 1.29 is 29.6 Å². The normalized spacial score (nSPS) is 40.3. The van der Waals surface area contributed by atoms with Gasteiger partial charge < -0.3 is 24.8 Å². The van der Waals surface area contributed by atoms with Crippen molar-refractivity contribution in [1.29, 1.82) is 0 Å². The molecule has 176 valence electrons. The van der Waals surface area contributed by atoms with E-state index >= 15 is 0 Å². The van der Waals surface area contributed by atoms with Gasteiger partial charge in [0.15, 0.2) is 12.1 Å². The number of ketones is 1. The lowest BCUT2D eigenvalue weighted by Gasteiger charge is -2.55. The van der Waals surface area contributed by atoms with Gasteiger partial charge in [-0.1, -0.05) is 38.8 Å². The fourth-order valence-electron chi connectivity index (χ4n) is 6.12. The molecule has 1 saturated heterocycles. The molecule has 7 atom stereocenters. The molecule has 0 amide bonds. The second kappa shape index (κ2) is 8.71. The first kappa shape index (κ1) is 24.6. The number of hydrogen-bond donors (Lipinski definition) is 3. The lowest BCUT2D eigenvalue weighted by Crippen LogP contribution is -2.55. The molecule has 1 heterocycles. The standard InChI is InChI=1S/C25H40O6/c1-7-24(5,31-22-21(29)20(28)18(27)14-30-22)12-9-16-15(2)17(26)13-19-23(3,4)10-8-11-25(16,19)6/h7,18-22,27-29H,1,8-14H2,2-6H3. The summed E-state index contributed by atoms with van der Waals surface area (Å²) in [7, 11) is 0. The molecule has 6 heteroatoms. The van der Waals surface area contributed by atoms with Gasteiger partial charge >= 0.3 is 0 Å². The number of ether oxygens (including phenoxy) is 2. The summed E-state index contributed by atoms with van der Waals surface area (Å²) >= 11 is 0. The number of hydrogen-bond acceptors (Lipinski definition) is 6. The zero-order valence-corrected chi connectivity index (χ0v) is 19.7. The van der Waals surface area contributed by atoms with Gasteiger partial charge in [-0.05, 0) is 61.9 Å². The highest BCUT2D eigenvalue weighted by molar-refractivity contribution is 5.97. The van der Waals surface area contributed by atoms with Crippen LogP contribution in [-0.4, -0.2) is 57.9 Å². The Kier molecular flexibility index (Phi) is 6.91. The van der Waals surface area contributed by atoms with E-state index in [2.05, 4.69) is 27.4 Å². The smallest absolute Gasteiger partial charge is 0.187 e. The van der Waals surface area contributed by atoms with E-state index in [1.807, 2.05) is 13.8 Å². The van der Waals surface area contributed by atoms with Crippen LogP contribution in [0.4, 0.5) is 0 Å². The third kappa shape index (κ3) is 4.55. The summed E-state index contributed by atoms with van der Waals surface area (Å²) in [5.74, 6) is 0.577. The molecule has 0 aromatic heterocycles. The van der Waals surface area contributed by atoms with Gasteiger partial charge in [-0.15, -0.1) is 6.58 Å². The van der Waals surface area contributed by atoms with Crippen LogP contribution in [0, 0.1) is 16.7 Å². The fraction of sp³-hybridized carbons (Fsp3) is 0.800. The van der Waals surface area contributed by atoms with Gasteiger partial charge in [0.2, 0.25) is 0 Å². The average molecular weight is 437 g/mol. The van der Waals surface area contributed by atoms with Crippen molar-refractivity contribution in [3.05, 3.63) is 23.8 Å². The second-order valence-corrected chi connectivity index (χ2v) is 10.9. The maximum Gasteiger partial charge on any atom is 0.187 e. The molecular formula is C25H40O6. The first-order chi connectivity index (χ1) is 14.3. The summed E-state index contributed by atoms with van der Waals surface area (Å²) in [6.45, 7) is 14.5. The van der Waals surface area contributed by atoms with E-state index < -0.39 is 30.2 Å². The van der Waals surface area contributed by atoms with Crippen LogP contribution in [0.1, 0.15) is 73.1 Å². The summed E-state index contributed by atoms with van der Waals surface area (Å²) in [6.07, 6.45) is 2.09. The highest BCUT2D eigenvalue weighted by Crippen LogP contribution is 2.59. The number of Topliss-reactive ketones (excluding diaryl/α,β-unsaturated/α-hetero) is 1. The van der Waals surface area contributed by atoms with Gasteiger partial charge in [-0.25, -0.2) is 0 Å². The average Bonchev–Trinajstić information content (AvgIpc) is 2.70. The van der Waals surface area contributed by atoms with Gasteiger partial charge in [0.1, 0.15) is 18.3 Å². The second-order valence-electron chi connectivity index (χ2n) is 10.9. The monoisotopic (exact) mass is 436 g/mol. The van der Waals surface area contributed by atoms with Gasteiger partial charge in [0.05, 0.1) is 12.2 Å². The van der Waals surface area contributed by atoms with E-state index in [1.165, 1.54) is 5.57 Å². The van der Waals surface area contributed by atoms with E-state index in [0.29, 0.717) is 25.2 Å². The van der Waals surface area contributed by atoms with Gasteiger partial charge in [-0.2, -0.15) is 0 Å². The molecule has 0 radical (unpaired) electrons. The SMILES string of the molecule is C=CC(C)(CCC1=C(C)C(=O)CC2C(C)(C)CCCC12C)OC1OCC(O)C(O)C1O. The molecule has 3 N–H and O–H groups in total. The van der Waals surface area contributed by atoms with Crippen LogP contribution < -0.4 is 0 Å². The molecule has 6 nitrogen and oxygen atoms in total. The number of rotatable bonds is 6. The molecule has 7 unspecified atom stereocenters. The zero-order valence-electron chi connectivity index (χ0n) is 19.7. The quantitative estimate of drug-likeness (QED) is 0.553. The summed E-state index contributed by atoms with van der Waals surface area (Å²) in [6, 6.07) is 0. The summed E-state index contributed by atoms with van der Waals surface area (Å²) in [5.41, 5.74) is 1.40. The Morgan fingerprint density at radius 1 is 1.23 bits per heavy atom. The molecule has 1 aliphatic heterocycles. The predicted octanol–water partition coefficient (Wildman–Crippen LogP) is 3.29. The van der Waals surface area contributed by atoms with E-state index in [0.717, 1.165) is 24.8 Å². The lowest BCUT2D eigenvalue weighted by molar-refractivity contribution is -0.292. The Hall–Kier alpha value is -1.05. The number of carbonyl (C=O) groups excluding carboxylic acids is 1. The minimum atomic E-state index is -1.35. The molecule has 31 heavy (non-hydrogen) atoms. The molecule has 0 aromatic rings. The van der Waals surface area contributed by atoms with Crippen LogP contribution in [0.3, 0.4) is 0 Å². The number of carbonyl (C=O) groups is 1. The van der Waals surface area contributed by atoms with Crippen LogP contribution in [-0.2, 0) is 14.3 Å². The Morgan fingerprint density at radius 2 is 1.90 bits per heavy atom. The molecule has 3 rings (SSSR count). The molecule has 0 bridgehead atoms. The van der Waals surface area contributed by atoms with Crippen molar-refractivity contribution in [3.63, 3.8) is 0 Å². The molecule has 2 fully saturated rings. The van der Waals surface area contributed by atoms with Crippen LogP contribution in [0.2, 0.25) is 0 Å². The fourth-order valence-corrected chi connectivity index (χ4v) is 6.12. The molecule has 2 aliphatic carbocycles. The van der Waals surface area contributed by atoms with E-state index in [-0.39, 0.29) is 23.2 Å². The Bertz CT molecular complexity index is 742. The van der Waals surface area contributed by atoms with Gasteiger partial charge in [-0.3, -0.25) is 4.79 Å². The van der Waals surface area contributed by atoms with Crippen molar-refractivity contribution >= 4 is 5.78 Å². The lowest BCUT2D eigenvalue weighted by atomic mass is 9.49. The van der Waals surface area contributed by atoms with Crippen molar-refractivity contribution in [1.82, 2.24) is 0 Å². The third-order valence-electron chi connectivity index (χ3n) is 8.32. The van der Waals surface area contributed by atoms with Crippen molar-refractivity contribution in [3.8, 4) is 0 Å². The minimum Gasteiger partial charge on any atom is -0.388 e. The van der Waals surface area contributed by atoms with Crippen LogP contribution >= 0.6 is 0 Å². The van der Waals surface area contributed by atoms with Crippen molar-refractivity contribution in [2.45, 2.75) is 103 Å². The Morgan fingerprint density at radius 3 is 2.55 bits per heavy atom. The predicted molar refractivity (Wildman–Crippen MR) is 118 cm³/mol. The molecule has 3 aliphatic rings. The maximum absolute atomic E-state index is 12.9. The van der Waals surface area contributed by atoms with Crippen LogP contribution in [0.5, 0.6) is 0 Å². The third-order valence-corrected chi connectivity index (χ3v) is 8.32. The van der Waals surface area contributed by atoms with Crippen molar-refractivity contribution in [2.24, 2.45) is 16.7 Å². The highest BCUT2D eigenvalue weighted by Gasteiger charge is 2.52. The highest BCUT2D eigenvalue weighted by atomic mass is 16.7. The number of allylic oxidation sites excluding steroid dienone is 2. The Balaban J connectivity index is 1.79. The van der Waals surface area contributed by atoms with Gasteiger partial charge in [0.25, 0.3) is 0 Å². The molecule has 0 aromatic carbocycles. The Labute approximate surface area is 186 Å². The molecule has 1 saturated carbocycles. The number of fused-ring (bicyclic) bond motifs is 1. The molecule has 0 spiro atoms.